The number of hydrogen-bond acceptors (Lipinski definition) is 3. The minimum atomic E-state index is -1.48. The van der Waals surface area contributed by atoms with Crippen molar-refractivity contribution in [1.29, 1.82) is 0 Å². The lowest BCUT2D eigenvalue weighted by Crippen LogP contribution is -2.39. The fraction of sp³-hybridized carbons (Fsp3) is 0.409. The lowest BCUT2D eigenvalue weighted by molar-refractivity contribution is -0.00607. The summed E-state index contributed by atoms with van der Waals surface area (Å²) in [5.41, 5.74) is 0.962. The number of halogens is 2. The Hall–Kier alpha value is -2.47. The van der Waals surface area contributed by atoms with E-state index in [1.165, 1.54) is 18.2 Å². The molecule has 1 aliphatic carbocycles. The van der Waals surface area contributed by atoms with Crippen LogP contribution in [0.1, 0.15) is 43.0 Å². The quantitative estimate of drug-likeness (QED) is 0.717. The van der Waals surface area contributed by atoms with Gasteiger partial charge in [-0.25, -0.2) is 13.6 Å². The third-order valence-electron chi connectivity index (χ3n) is 4.93. The topological polar surface area (TPSA) is 47.6 Å². The van der Waals surface area contributed by atoms with Gasteiger partial charge in [0, 0.05) is 11.6 Å². The lowest BCUT2D eigenvalue weighted by Gasteiger charge is -2.29. The summed E-state index contributed by atoms with van der Waals surface area (Å²) in [5, 5.41) is 2.87. The van der Waals surface area contributed by atoms with Crippen LogP contribution in [-0.4, -0.2) is 24.8 Å². The van der Waals surface area contributed by atoms with Crippen LogP contribution >= 0.6 is 0 Å². The average molecular weight is 389 g/mol. The predicted molar refractivity (Wildman–Crippen MR) is 102 cm³/mol. The van der Waals surface area contributed by atoms with Gasteiger partial charge in [0.15, 0.2) is 6.17 Å². The molecular weight excluding hydrogens is 364 g/mol. The van der Waals surface area contributed by atoms with Gasteiger partial charge in [-0.2, -0.15) is 0 Å². The summed E-state index contributed by atoms with van der Waals surface area (Å²) in [5.74, 6) is -0.555. The third-order valence-corrected chi connectivity index (χ3v) is 4.93. The molecule has 0 aromatic heterocycles. The maximum absolute atomic E-state index is 14.2. The van der Waals surface area contributed by atoms with E-state index in [9.17, 15) is 13.6 Å². The number of alkyl halides is 1. The van der Waals surface area contributed by atoms with E-state index in [0.29, 0.717) is 12.8 Å². The van der Waals surface area contributed by atoms with Crippen molar-refractivity contribution in [2.45, 2.75) is 50.6 Å². The summed E-state index contributed by atoms with van der Waals surface area (Å²) in [6, 6.07) is 15.3. The SMILES string of the molecule is O=C(NC1CCC(OC[C@@H](F)c2ccccc2F)CC1)OCc1ccccc1. The molecule has 0 bridgehead atoms. The van der Waals surface area contributed by atoms with Gasteiger partial charge in [0.05, 0.1) is 12.7 Å². The van der Waals surface area contributed by atoms with Crippen molar-refractivity contribution < 1.29 is 23.0 Å². The van der Waals surface area contributed by atoms with E-state index in [1.54, 1.807) is 6.07 Å². The molecule has 2 aromatic carbocycles. The average Bonchev–Trinajstić information content (AvgIpc) is 2.72. The molecule has 150 valence electrons. The summed E-state index contributed by atoms with van der Waals surface area (Å²) < 4.78 is 38.6. The minimum Gasteiger partial charge on any atom is -0.445 e. The van der Waals surface area contributed by atoms with Gasteiger partial charge >= 0.3 is 6.09 Å². The molecule has 1 saturated carbocycles. The summed E-state index contributed by atoms with van der Waals surface area (Å²) in [6.07, 6.45) is 0.912. The maximum atomic E-state index is 14.2. The fourth-order valence-corrected chi connectivity index (χ4v) is 3.34. The van der Waals surface area contributed by atoms with Gasteiger partial charge in [0.1, 0.15) is 12.4 Å². The molecule has 0 aliphatic heterocycles. The molecule has 2 aromatic rings. The van der Waals surface area contributed by atoms with E-state index in [4.69, 9.17) is 9.47 Å². The molecule has 1 N–H and O–H groups in total. The van der Waals surface area contributed by atoms with Crippen molar-refractivity contribution in [1.82, 2.24) is 5.32 Å². The first-order valence-electron chi connectivity index (χ1n) is 9.59. The molecule has 0 spiro atoms. The van der Waals surface area contributed by atoms with Gasteiger partial charge in [0.2, 0.25) is 0 Å². The third kappa shape index (κ3) is 6.02. The number of rotatable bonds is 7. The summed E-state index contributed by atoms with van der Waals surface area (Å²) >= 11 is 0. The molecule has 1 aliphatic rings. The number of carbonyl (C=O) groups excluding carboxylic acids is 1. The number of hydrogen-bond donors (Lipinski definition) is 1. The first-order chi connectivity index (χ1) is 13.6. The number of carbonyl (C=O) groups is 1. The Balaban J connectivity index is 1.34. The highest BCUT2D eigenvalue weighted by Gasteiger charge is 2.25. The van der Waals surface area contributed by atoms with Crippen LogP contribution in [0.3, 0.4) is 0 Å². The molecule has 4 nitrogen and oxygen atoms in total. The van der Waals surface area contributed by atoms with Crippen molar-refractivity contribution >= 4 is 6.09 Å². The Kier molecular flexibility index (Phi) is 7.37. The van der Waals surface area contributed by atoms with E-state index >= 15 is 0 Å². The number of nitrogens with one attached hydrogen (secondary N) is 1. The van der Waals surface area contributed by atoms with Crippen molar-refractivity contribution in [3.63, 3.8) is 0 Å². The second kappa shape index (κ2) is 10.2. The smallest absolute Gasteiger partial charge is 0.407 e. The van der Waals surface area contributed by atoms with E-state index in [1.807, 2.05) is 30.3 Å². The molecule has 0 unspecified atom stereocenters. The Bertz CT molecular complexity index is 748. The van der Waals surface area contributed by atoms with Crippen LogP contribution in [0.15, 0.2) is 54.6 Å². The fourth-order valence-electron chi connectivity index (χ4n) is 3.34. The standard InChI is InChI=1S/C22H25F2NO3/c23-20-9-5-4-8-19(20)21(24)15-27-18-12-10-17(11-13-18)25-22(26)28-14-16-6-2-1-3-7-16/h1-9,17-18,21H,10-15H2,(H,25,26)/t17?,18?,21-/m1/s1. The first kappa shape index (κ1) is 20.3. The molecule has 0 heterocycles. The number of ether oxygens (including phenoxy) is 2. The van der Waals surface area contributed by atoms with Crippen LogP contribution in [0.5, 0.6) is 0 Å². The summed E-state index contributed by atoms with van der Waals surface area (Å²) in [4.78, 5) is 11.9. The Morgan fingerprint density at radius 2 is 1.71 bits per heavy atom. The number of amides is 1. The van der Waals surface area contributed by atoms with E-state index in [2.05, 4.69) is 5.32 Å². The number of alkyl carbamates (subject to hydrolysis) is 1. The zero-order valence-electron chi connectivity index (χ0n) is 15.7. The minimum absolute atomic E-state index is 0.0239. The van der Waals surface area contributed by atoms with Crippen LogP contribution in [0.2, 0.25) is 0 Å². The Morgan fingerprint density at radius 1 is 1.04 bits per heavy atom. The van der Waals surface area contributed by atoms with Crippen molar-refractivity contribution in [3.05, 3.63) is 71.5 Å². The second-order valence-corrected chi connectivity index (χ2v) is 7.00. The second-order valence-electron chi connectivity index (χ2n) is 7.00. The molecule has 28 heavy (non-hydrogen) atoms. The van der Waals surface area contributed by atoms with E-state index in [0.717, 1.165) is 18.4 Å². The van der Waals surface area contributed by atoms with Crippen LogP contribution in [-0.2, 0) is 16.1 Å². The predicted octanol–water partition coefficient (Wildman–Crippen LogP) is 5.09. The summed E-state index contributed by atoms with van der Waals surface area (Å²) in [6.45, 7) is 0.0713. The zero-order valence-corrected chi connectivity index (χ0v) is 15.7. The van der Waals surface area contributed by atoms with Gasteiger partial charge in [-0.05, 0) is 37.3 Å². The Morgan fingerprint density at radius 3 is 2.43 bits per heavy atom. The van der Waals surface area contributed by atoms with Crippen LogP contribution in [0, 0.1) is 5.82 Å². The van der Waals surface area contributed by atoms with Gasteiger partial charge < -0.3 is 14.8 Å². The molecule has 1 amide bonds. The molecule has 3 rings (SSSR count). The van der Waals surface area contributed by atoms with Gasteiger partial charge in [-0.3, -0.25) is 0 Å². The normalized spacial score (nSPS) is 20.4. The van der Waals surface area contributed by atoms with Gasteiger partial charge in [0.25, 0.3) is 0 Å². The highest BCUT2D eigenvalue weighted by Crippen LogP contribution is 2.25. The van der Waals surface area contributed by atoms with Crippen molar-refractivity contribution in [2.24, 2.45) is 0 Å². The molecule has 1 fully saturated rings. The molecule has 0 saturated heterocycles. The van der Waals surface area contributed by atoms with Crippen LogP contribution in [0.4, 0.5) is 13.6 Å². The molecule has 6 heteroatoms. The first-order valence-corrected chi connectivity index (χ1v) is 9.59. The molecule has 0 radical (unpaired) electrons. The van der Waals surface area contributed by atoms with Gasteiger partial charge in [-0.15, -0.1) is 0 Å². The van der Waals surface area contributed by atoms with Crippen molar-refractivity contribution in [3.8, 4) is 0 Å². The zero-order chi connectivity index (χ0) is 19.8. The highest BCUT2D eigenvalue weighted by molar-refractivity contribution is 5.67. The monoisotopic (exact) mass is 389 g/mol. The van der Waals surface area contributed by atoms with Gasteiger partial charge in [-0.1, -0.05) is 48.5 Å². The van der Waals surface area contributed by atoms with Crippen LogP contribution in [0.25, 0.3) is 0 Å². The highest BCUT2D eigenvalue weighted by atomic mass is 19.1. The summed E-state index contributed by atoms with van der Waals surface area (Å²) in [7, 11) is 0. The van der Waals surface area contributed by atoms with E-state index < -0.39 is 18.1 Å². The van der Waals surface area contributed by atoms with E-state index in [-0.39, 0.29) is 30.9 Å². The van der Waals surface area contributed by atoms with Crippen LogP contribution < -0.4 is 5.32 Å². The maximum Gasteiger partial charge on any atom is 0.407 e. The number of benzene rings is 2. The molecular formula is C22H25F2NO3. The molecule has 1 atom stereocenters. The largest absolute Gasteiger partial charge is 0.445 e. The lowest BCUT2D eigenvalue weighted by atomic mass is 9.93. The Labute approximate surface area is 163 Å². The van der Waals surface area contributed by atoms with Crippen molar-refractivity contribution in [2.75, 3.05) is 6.61 Å².